The molecule has 6 heteroatoms. The SMILES string of the molecule is CCOC(=O)c1c(C)n(-c2ccc(C)cc2)c2ccc(OC[C@H](O)CN3CCCC[C@H]3C)cc12. The Morgan fingerprint density at radius 2 is 1.91 bits per heavy atom. The Kier molecular flexibility index (Phi) is 7.59. The molecule has 1 N–H and O–H groups in total. The van der Waals surface area contributed by atoms with Crippen molar-refractivity contribution in [3.63, 3.8) is 0 Å². The molecule has 0 amide bonds. The molecule has 0 spiro atoms. The van der Waals surface area contributed by atoms with Crippen molar-refractivity contribution in [2.45, 2.75) is 59.1 Å². The van der Waals surface area contributed by atoms with Gasteiger partial charge in [0.05, 0.1) is 17.7 Å². The predicted octanol–water partition coefficient (Wildman–Crippen LogP) is 5.04. The highest BCUT2D eigenvalue weighted by atomic mass is 16.5. The monoisotopic (exact) mass is 464 g/mol. The lowest BCUT2D eigenvalue weighted by atomic mass is 10.0. The summed E-state index contributed by atoms with van der Waals surface area (Å²) in [5.41, 5.74) is 4.46. The van der Waals surface area contributed by atoms with E-state index < -0.39 is 6.10 Å². The van der Waals surface area contributed by atoms with Crippen molar-refractivity contribution in [2.75, 3.05) is 26.3 Å². The van der Waals surface area contributed by atoms with Gasteiger partial charge >= 0.3 is 5.97 Å². The maximum absolute atomic E-state index is 12.9. The average molecular weight is 465 g/mol. The normalized spacial score (nSPS) is 17.6. The molecule has 1 aromatic heterocycles. The maximum Gasteiger partial charge on any atom is 0.340 e. The first-order chi connectivity index (χ1) is 16.4. The summed E-state index contributed by atoms with van der Waals surface area (Å²) in [4.78, 5) is 15.2. The molecule has 0 bridgehead atoms. The van der Waals surface area contributed by atoms with Gasteiger partial charge in [-0.05, 0) is 77.4 Å². The molecule has 0 aliphatic carbocycles. The van der Waals surface area contributed by atoms with Crippen molar-refractivity contribution in [3.8, 4) is 11.4 Å². The number of aromatic nitrogens is 1. The van der Waals surface area contributed by atoms with Crippen LogP contribution in [-0.2, 0) is 4.74 Å². The fraction of sp³-hybridized carbons (Fsp3) is 0.464. The van der Waals surface area contributed by atoms with Gasteiger partial charge in [0.1, 0.15) is 18.5 Å². The molecule has 0 radical (unpaired) electrons. The molecule has 1 fully saturated rings. The van der Waals surface area contributed by atoms with E-state index in [-0.39, 0.29) is 12.6 Å². The maximum atomic E-state index is 12.9. The Hall–Kier alpha value is -2.83. The first-order valence-electron chi connectivity index (χ1n) is 12.3. The molecular weight excluding hydrogens is 428 g/mol. The number of benzene rings is 2. The van der Waals surface area contributed by atoms with Crippen molar-refractivity contribution >= 4 is 16.9 Å². The summed E-state index contributed by atoms with van der Waals surface area (Å²) in [7, 11) is 0. The van der Waals surface area contributed by atoms with Crippen LogP contribution in [0.25, 0.3) is 16.6 Å². The number of aliphatic hydroxyl groups is 1. The number of hydrogen-bond acceptors (Lipinski definition) is 5. The summed E-state index contributed by atoms with van der Waals surface area (Å²) in [5.74, 6) is 0.289. The quantitative estimate of drug-likeness (QED) is 0.473. The van der Waals surface area contributed by atoms with Crippen molar-refractivity contribution in [1.82, 2.24) is 9.47 Å². The molecule has 2 heterocycles. The number of rotatable bonds is 8. The molecule has 0 saturated carbocycles. The average Bonchev–Trinajstić information content (AvgIpc) is 3.11. The Morgan fingerprint density at radius 1 is 1.15 bits per heavy atom. The molecule has 34 heavy (non-hydrogen) atoms. The van der Waals surface area contributed by atoms with Crippen molar-refractivity contribution < 1.29 is 19.4 Å². The van der Waals surface area contributed by atoms with Gasteiger partial charge in [-0.3, -0.25) is 4.90 Å². The summed E-state index contributed by atoms with van der Waals surface area (Å²) in [6.07, 6.45) is 3.05. The first kappa shape index (κ1) is 24.3. The van der Waals surface area contributed by atoms with Crippen LogP contribution >= 0.6 is 0 Å². The van der Waals surface area contributed by atoms with Crippen LogP contribution in [-0.4, -0.2) is 59.0 Å². The number of carbonyl (C=O) groups excluding carboxylic acids is 1. The summed E-state index contributed by atoms with van der Waals surface area (Å²) in [6, 6.07) is 14.5. The third-order valence-corrected chi connectivity index (χ3v) is 6.78. The van der Waals surface area contributed by atoms with Crippen LogP contribution < -0.4 is 4.74 Å². The lowest BCUT2D eigenvalue weighted by Crippen LogP contribution is -2.43. The van der Waals surface area contributed by atoms with Crippen molar-refractivity contribution in [2.24, 2.45) is 0 Å². The molecule has 182 valence electrons. The summed E-state index contributed by atoms with van der Waals surface area (Å²) in [6.45, 7) is 10.2. The summed E-state index contributed by atoms with van der Waals surface area (Å²) in [5, 5.41) is 11.4. The highest BCUT2D eigenvalue weighted by Gasteiger charge is 2.23. The minimum absolute atomic E-state index is 0.209. The fourth-order valence-electron chi connectivity index (χ4n) is 4.92. The fourth-order valence-corrected chi connectivity index (χ4v) is 4.92. The van der Waals surface area contributed by atoms with Crippen LogP contribution in [0.3, 0.4) is 0 Å². The minimum Gasteiger partial charge on any atom is -0.491 e. The standard InChI is InChI=1S/C28H36N2O4/c1-5-33-28(32)27-21(4)30(22-11-9-19(2)10-12-22)26-14-13-24(16-25(26)27)34-18-23(31)17-29-15-7-6-8-20(29)3/h9-14,16,20,23,31H,5-8,15,17-18H2,1-4H3/t20-,23-/m1/s1. The number of hydrogen-bond donors (Lipinski definition) is 1. The van der Waals surface area contributed by atoms with E-state index in [0.29, 0.717) is 30.5 Å². The molecular formula is C28H36N2O4. The molecule has 1 aliphatic heterocycles. The topological polar surface area (TPSA) is 63.9 Å². The summed E-state index contributed by atoms with van der Waals surface area (Å²) < 4.78 is 13.4. The number of esters is 1. The highest BCUT2D eigenvalue weighted by Crippen LogP contribution is 2.33. The first-order valence-corrected chi connectivity index (χ1v) is 12.3. The van der Waals surface area contributed by atoms with Gasteiger partial charge in [0.15, 0.2) is 0 Å². The number of aliphatic hydroxyl groups excluding tert-OH is 1. The number of fused-ring (bicyclic) bond motifs is 1. The van der Waals surface area contributed by atoms with E-state index in [2.05, 4.69) is 47.6 Å². The second-order valence-electron chi connectivity index (χ2n) is 9.34. The third-order valence-electron chi connectivity index (χ3n) is 6.78. The highest BCUT2D eigenvalue weighted by molar-refractivity contribution is 6.07. The van der Waals surface area contributed by atoms with Gasteiger partial charge in [-0.1, -0.05) is 24.1 Å². The van der Waals surface area contributed by atoms with E-state index in [1.165, 1.54) is 24.8 Å². The number of likely N-dealkylation sites (tertiary alicyclic amines) is 1. The molecule has 1 aliphatic rings. The van der Waals surface area contributed by atoms with Crippen LogP contribution in [0.2, 0.25) is 0 Å². The van der Waals surface area contributed by atoms with Gasteiger partial charge in [-0.2, -0.15) is 0 Å². The number of carbonyl (C=O) groups is 1. The number of aryl methyl sites for hydroxylation is 1. The smallest absolute Gasteiger partial charge is 0.340 e. The predicted molar refractivity (Wildman–Crippen MR) is 135 cm³/mol. The van der Waals surface area contributed by atoms with Gasteiger partial charge in [0, 0.05) is 29.4 Å². The lowest BCUT2D eigenvalue weighted by molar-refractivity contribution is 0.0438. The van der Waals surface area contributed by atoms with Crippen LogP contribution in [0, 0.1) is 13.8 Å². The number of β-amino-alcohol motifs (C(OH)–C–C–N with tert-alkyl or cyclic N) is 1. The second kappa shape index (κ2) is 10.6. The van der Waals surface area contributed by atoms with Gasteiger partial charge in [0.2, 0.25) is 0 Å². The summed E-state index contributed by atoms with van der Waals surface area (Å²) >= 11 is 0. The Balaban J connectivity index is 1.60. The molecule has 2 atom stereocenters. The molecule has 1 saturated heterocycles. The molecule has 0 unspecified atom stereocenters. The van der Waals surface area contributed by atoms with Gasteiger partial charge in [-0.25, -0.2) is 4.79 Å². The van der Waals surface area contributed by atoms with Crippen molar-refractivity contribution in [1.29, 1.82) is 0 Å². The zero-order valence-electron chi connectivity index (χ0n) is 20.7. The molecule has 3 aromatic rings. The third kappa shape index (κ3) is 5.13. The second-order valence-corrected chi connectivity index (χ2v) is 9.34. The van der Waals surface area contributed by atoms with Gasteiger partial charge in [-0.15, -0.1) is 0 Å². The largest absolute Gasteiger partial charge is 0.491 e. The zero-order chi connectivity index (χ0) is 24.2. The van der Waals surface area contributed by atoms with Gasteiger partial charge < -0.3 is 19.1 Å². The van der Waals surface area contributed by atoms with Crippen molar-refractivity contribution in [3.05, 3.63) is 59.3 Å². The van der Waals surface area contributed by atoms with E-state index >= 15 is 0 Å². The van der Waals surface area contributed by atoms with Crippen LogP contribution in [0.1, 0.15) is 54.7 Å². The minimum atomic E-state index is -0.570. The molecule has 6 nitrogen and oxygen atoms in total. The van der Waals surface area contributed by atoms with E-state index in [1.54, 1.807) is 0 Å². The Labute approximate surface area is 202 Å². The Morgan fingerprint density at radius 3 is 2.62 bits per heavy atom. The molecule has 2 aromatic carbocycles. The van der Waals surface area contributed by atoms with Gasteiger partial charge in [0.25, 0.3) is 0 Å². The van der Waals surface area contributed by atoms with E-state index in [0.717, 1.165) is 28.8 Å². The number of piperidine rings is 1. The lowest BCUT2D eigenvalue weighted by Gasteiger charge is -2.34. The van der Waals surface area contributed by atoms with Crippen LogP contribution in [0.4, 0.5) is 0 Å². The van der Waals surface area contributed by atoms with E-state index in [1.807, 2.05) is 32.0 Å². The number of nitrogens with zero attached hydrogens (tertiary/aromatic N) is 2. The van der Waals surface area contributed by atoms with Crippen LogP contribution in [0.5, 0.6) is 5.75 Å². The Bertz CT molecular complexity index is 1140. The molecule has 4 rings (SSSR count). The van der Waals surface area contributed by atoms with E-state index in [4.69, 9.17) is 9.47 Å². The van der Waals surface area contributed by atoms with E-state index in [9.17, 15) is 9.90 Å². The zero-order valence-corrected chi connectivity index (χ0v) is 20.7. The number of ether oxygens (including phenoxy) is 2. The van der Waals surface area contributed by atoms with Crippen LogP contribution in [0.15, 0.2) is 42.5 Å².